The summed E-state index contributed by atoms with van der Waals surface area (Å²) in [6.07, 6.45) is -0.180. The van der Waals surface area contributed by atoms with Gasteiger partial charge in [0, 0.05) is 11.4 Å². The Kier molecular flexibility index (Phi) is 2.34. The Morgan fingerprint density at radius 3 is 2.62 bits per heavy atom. The molecule has 0 amide bonds. The molecule has 0 aliphatic heterocycles. The maximum Gasteiger partial charge on any atom is 0.311 e. The summed E-state index contributed by atoms with van der Waals surface area (Å²) >= 11 is 0. The standard InChI is InChI=1S/C10H12N4O2/c1-5-6(2)11-10-12-8(4-9(15)16)13-14(10)7(5)3/h4H2,1-3H3,(H,15,16). The van der Waals surface area contributed by atoms with Crippen LogP contribution in [0.25, 0.3) is 5.78 Å². The van der Waals surface area contributed by atoms with Gasteiger partial charge in [-0.2, -0.15) is 4.98 Å². The molecule has 0 saturated heterocycles. The van der Waals surface area contributed by atoms with Crippen molar-refractivity contribution in [1.29, 1.82) is 0 Å². The van der Waals surface area contributed by atoms with Crippen LogP contribution in [0.4, 0.5) is 0 Å². The minimum absolute atomic E-state index is 0.180. The van der Waals surface area contributed by atoms with Gasteiger partial charge < -0.3 is 5.11 Å². The van der Waals surface area contributed by atoms with Gasteiger partial charge in [0.2, 0.25) is 0 Å². The van der Waals surface area contributed by atoms with Gasteiger partial charge in [0.25, 0.3) is 5.78 Å². The molecule has 16 heavy (non-hydrogen) atoms. The van der Waals surface area contributed by atoms with Gasteiger partial charge in [-0.1, -0.05) is 0 Å². The van der Waals surface area contributed by atoms with Crippen molar-refractivity contribution >= 4 is 11.7 Å². The first-order valence-electron chi connectivity index (χ1n) is 4.90. The highest BCUT2D eigenvalue weighted by Crippen LogP contribution is 2.11. The maximum atomic E-state index is 10.6. The summed E-state index contributed by atoms with van der Waals surface area (Å²) in [5.41, 5.74) is 2.87. The summed E-state index contributed by atoms with van der Waals surface area (Å²) in [7, 11) is 0. The third-order valence-corrected chi connectivity index (χ3v) is 2.61. The van der Waals surface area contributed by atoms with Crippen LogP contribution in [0.1, 0.15) is 22.8 Å². The number of aliphatic carboxylic acids is 1. The number of hydrogen-bond acceptors (Lipinski definition) is 4. The molecular weight excluding hydrogens is 208 g/mol. The Bertz CT molecular complexity index is 574. The van der Waals surface area contributed by atoms with E-state index < -0.39 is 5.97 Å². The summed E-state index contributed by atoms with van der Waals surface area (Å²) < 4.78 is 1.58. The first-order valence-corrected chi connectivity index (χ1v) is 4.90. The normalized spacial score (nSPS) is 10.9. The van der Waals surface area contributed by atoms with Gasteiger partial charge in [-0.25, -0.2) is 9.50 Å². The number of fused-ring (bicyclic) bond motifs is 1. The third-order valence-electron chi connectivity index (χ3n) is 2.61. The van der Waals surface area contributed by atoms with Crippen molar-refractivity contribution in [2.24, 2.45) is 0 Å². The second-order valence-corrected chi connectivity index (χ2v) is 3.72. The number of nitrogens with zero attached hydrogens (tertiary/aromatic N) is 4. The maximum absolute atomic E-state index is 10.6. The molecule has 1 N–H and O–H groups in total. The first kappa shape index (κ1) is 10.5. The monoisotopic (exact) mass is 220 g/mol. The predicted molar refractivity (Wildman–Crippen MR) is 56.3 cm³/mol. The van der Waals surface area contributed by atoms with E-state index in [1.807, 2.05) is 20.8 Å². The molecule has 0 aliphatic carbocycles. The van der Waals surface area contributed by atoms with E-state index >= 15 is 0 Å². The summed E-state index contributed by atoms with van der Waals surface area (Å²) in [5.74, 6) is -0.202. The van der Waals surface area contributed by atoms with Crippen LogP contribution in [0, 0.1) is 20.8 Å². The van der Waals surface area contributed by atoms with E-state index in [4.69, 9.17) is 5.11 Å². The zero-order chi connectivity index (χ0) is 11.9. The van der Waals surface area contributed by atoms with Crippen LogP contribution in [-0.2, 0) is 11.2 Å². The van der Waals surface area contributed by atoms with Crippen molar-refractivity contribution in [3.8, 4) is 0 Å². The molecule has 2 rings (SSSR count). The molecule has 0 aromatic carbocycles. The topological polar surface area (TPSA) is 80.4 Å². The molecule has 6 nitrogen and oxygen atoms in total. The number of rotatable bonds is 2. The number of carboxylic acids is 1. The third kappa shape index (κ3) is 1.62. The van der Waals surface area contributed by atoms with E-state index in [-0.39, 0.29) is 12.2 Å². The zero-order valence-electron chi connectivity index (χ0n) is 9.35. The van der Waals surface area contributed by atoms with Crippen molar-refractivity contribution in [3.63, 3.8) is 0 Å². The van der Waals surface area contributed by atoms with E-state index in [1.54, 1.807) is 4.52 Å². The smallest absolute Gasteiger partial charge is 0.311 e. The Labute approximate surface area is 92.0 Å². The number of aromatic nitrogens is 4. The van der Waals surface area contributed by atoms with E-state index in [2.05, 4.69) is 15.1 Å². The van der Waals surface area contributed by atoms with Crippen LogP contribution in [-0.4, -0.2) is 30.7 Å². The van der Waals surface area contributed by atoms with E-state index in [9.17, 15) is 4.79 Å². The van der Waals surface area contributed by atoms with Crippen molar-refractivity contribution in [3.05, 3.63) is 22.8 Å². The molecule has 0 fully saturated rings. The van der Waals surface area contributed by atoms with Crippen molar-refractivity contribution in [1.82, 2.24) is 19.6 Å². The Balaban J connectivity index is 2.62. The number of aryl methyl sites for hydroxylation is 2. The predicted octanol–water partition coefficient (Wildman–Crippen LogP) is 0.677. The van der Waals surface area contributed by atoms with E-state index in [0.717, 1.165) is 17.0 Å². The first-order chi connectivity index (χ1) is 7.49. The highest BCUT2D eigenvalue weighted by molar-refractivity contribution is 5.69. The summed E-state index contributed by atoms with van der Waals surface area (Å²) in [6.45, 7) is 5.76. The van der Waals surface area contributed by atoms with Gasteiger partial charge >= 0.3 is 5.97 Å². The summed E-state index contributed by atoms with van der Waals surface area (Å²) in [6, 6.07) is 0. The molecule has 2 aromatic rings. The fourth-order valence-corrected chi connectivity index (χ4v) is 1.51. The van der Waals surface area contributed by atoms with Crippen LogP contribution in [0.15, 0.2) is 0 Å². The van der Waals surface area contributed by atoms with Gasteiger partial charge in [0.05, 0.1) is 0 Å². The van der Waals surface area contributed by atoms with Crippen LogP contribution < -0.4 is 0 Å². The second kappa shape index (κ2) is 3.55. The highest BCUT2D eigenvalue weighted by Gasteiger charge is 2.12. The Hall–Kier alpha value is -1.98. The zero-order valence-corrected chi connectivity index (χ0v) is 9.35. The molecule has 2 aromatic heterocycles. The molecule has 0 saturated carbocycles. The minimum atomic E-state index is -0.943. The average molecular weight is 220 g/mol. The molecule has 0 atom stereocenters. The van der Waals surface area contributed by atoms with Crippen LogP contribution in [0.3, 0.4) is 0 Å². The summed E-state index contributed by atoms with van der Waals surface area (Å²) in [5, 5.41) is 12.8. The molecule has 2 heterocycles. The molecule has 0 bridgehead atoms. The fraction of sp³-hybridized carbons (Fsp3) is 0.400. The molecular formula is C10H12N4O2. The van der Waals surface area contributed by atoms with Gasteiger partial charge in [-0.15, -0.1) is 5.10 Å². The Morgan fingerprint density at radius 1 is 1.31 bits per heavy atom. The van der Waals surface area contributed by atoms with Crippen molar-refractivity contribution in [2.45, 2.75) is 27.2 Å². The van der Waals surface area contributed by atoms with Crippen molar-refractivity contribution in [2.75, 3.05) is 0 Å². The lowest BCUT2D eigenvalue weighted by Crippen LogP contribution is -2.03. The molecule has 6 heteroatoms. The second-order valence-electron chi connectivity index (χ2n) is 3.72. The average Bonchev–Trinajstić information content (AvgIpc) is 2.56. The quantitative estimate of drug-likeness (QED) is 0.804. The molecule has 0 radical (unpaired) electrons. The molecule has 84 valence electrons. The fourth-order valence-electron chi connectivity index (χ4n) is 1.51. The van der Waals surface area contributed by atoms with Gasteiger partial charge in [0.15, 0.2) is 5.82 Å². The van der Waals surface area contributed by atoms with Gasteiger partial charge in [-0.05, 0) is 26.3 Å². The van der Waals surface area contributed by atoms with Crippen LogP contribution >= 0.6 is 0 Å². The molecule has 0 spiro atoms. The number of carbonyl (C=O) groups is 1. The van der Waals surface area contributed by atoms with Gasteiger partial charge in [-0.3, -0.25) is 4.79 Å². The number of hydrogen-bond donors (Lipinski definition) is 1. The van der Waals surface area contributed by atoms with Crippen LogP contribution in [0.2, 0.25) is 0 Å². The lowest BCUT2D eigenvalue weighted by atomic mass is 10.2. The Morgan fingerprint density at radius 2 is 2.00 bits per heavy atom. The summed E-state index contributed by atoms with van der Waals surface area (Å²) in [4.78, 5) is 18.9. The minimum Gasteiger partial charge on any atom is -0.481 e. The van der Waals surface area contributed by atoms with E-state index in [1.165, 1.54) is 0 Å². The molecule has 0 aliphatic rings. The SMILES string of the molecule is Cc1nc2nc(CC(=O)O)nn2c(C)c1C. The van der Waals surface area contributed by atoms with E-state index in [0.29, 0.717) is 5.78 Å². The largest absolute Gasteiger partial charge is 0.481 e. The number of carboxylic acid groups (broad SMARTS) is 1. The van der Waals surface area contributed by atoms with Crippen LogP contribution in [0.5, 0.6) is 0 Å². The van der Waals surface area contributed by atoms with Gasteiger partial charge in [0.1, 0.15) is 6.42 Å². The molecule has 0 unspecified atom stereocenters. The lowest BCUT2D eigenvalue weighted by Gasteiger charge is -2.04. The highest BCUT2D eigenvalue weighted by atomic mass is 16.4. The van der Waals surface area contributed by atoms with Crippen molar-refractivity contribution < 1.29 is 9.90 Å². The lowest BCUT2D eigenvalue weighted by molar-refractivity contribution is -0.136.